The predicted molar refractivity (Wildman–Crippen MR) is 113 cm³/mol. The smallest absolute Gasteiger partial charge is 0.164 e. The number of thioether (sulfide) groups is 1. The molecule has 0 saturated carbocycles. The molecule has 2 atom stereocenters. The first-order chi connectivity index (χ1) is 12.4. The van der Waals surface area contributed by atoms with Crippen LogP contribution >= 0.6 is 39.3 Å². The van der Waals surface area contributed by atoms with Crippen LogP contribution in [0.4, 0.5) is 5.69 Å². The van der Waals surface area contributed by atoms with E-state index in [9.17, 15) is 8.42 Å². The van der Waals surface area contributed by atoms with Crippen molar-refractivity contribution in [1.82, 2.24) is 0 Å². The van der Waals surface area contributed by atoms with E-state index in [-0.39, 0.29) is 23.6 Å². The van der Waals surface area contributed by atoms with Crippen LogP contribution in [0.1, 0.15) is 5.56 Å². The molecule has 2 aliphatic heterocycles. The molecule has 0 unspecified atom stereocenters. The molecule has 0 amide bonds. The molecule has 2 heterocycles. The minimum atomic E-state index is -3.05. The van der Waals surface area contributed by atoms with Crippen molar-refractivity contribution >= 4 is 60.0 Å². The molecule has 0 aliphatic carbocycles. The molecule has 0 bridgehead atoms. The number of halogens is 2. The maximum Gasteiger partial charge on any atom is 0.164 e. The third-order valence-electron chi connectivity index (χ3n) is 4.48. The second kappa shape index (κ2) is 7.19. The molecule has 0 spiro atoms. The van der Waals surface area contributed by atoms with Crippen molar-refractivity contribution in [3.05, 3.63) is 63.6 Å². The molecule has 1 fully saturated rings. The Kier molecular flexibility index (Phi) is 5.07. The monoisotopic (exact) mass is 470 g/mol. The number of hydrogen-bond acceptors (Lipinski definition) is 5. The minimum Gasteiger partial charge on any atom is -0.315 e. The lowest BCUT2D eigenvalue weighted by Gasteiger charge is -2.26. The average molecular weight is 472 g/mol. The molecule has 4 rings (SSSR count). The van der Waals surface area contributed by atoms with Crippen LogP contribution in [0.3, 0.4) is 0 Å². The maximum atomic E-state index is 12.1. The first kappa shape index (κ1) is 18.3. The number of aliphatic imine (C=N–C) groups is 1. The lowest BCUT2D eigenvalue weighted by Crippen LogP contribution is -2.39. The quantitative estimate of drug-likeness (QED) is 0.667. The summed E-state index contributed by atoms with van der Waals surface area (Å²) in [4.78, 5) is 6.79. The first-order valence-corrected chi connectivity index (χ1v) is 12.1. The highest BCUT2D eigenvalue weighted by molar-refractivity contribution is 9.10. The van der Waals surface area contributed by atoms with Gasteiger partial charge in [0.1, 0.15) is 0 Å². The zero-order valence-electron chi connectivity index (χ0n) is 13.7. The number of nitrogens with zero attached hydrogens (tertiary/aromatic N) is 2. The van der Waals surface area contributed by atoms with Gasteiger partial charge in [0, 0.05) is 20.9 Å². The number of hydrogen-bond donors (Lipinski definition) is 0. The largest absolute Gasteiger partial charge is 0.315 e. The third kappa shape index (κ3) is 3.81. The van der Waals surface area contributed by atoms with Gasteiger partial charge in [0.25, 0.3) is 0 Å². The van der Waals surface area contributed by atoms with E-state index in [0.717, 1.165) is 21.1 Å². The summed E-state index contributed by atoms with van der Waals surface area (Å²) in [6.07, 6.45) is 0. The van der Waals surface area contributed by atoms with E-state index in [1.54, 1.807) is 11.8 Å². The fourth-order valence-electron chi connectivity index (χ4n) is 3.29. The van der Waals surface area contributed by atoms with Gasteiger partial charge < -0.3 is 4.90 Å². The Morgan fingerprint density at radius 1 is 1.19 bits per heavy atom. The van der Waals surface area contributed by atoms with Gasteiger partial charge in [-0.1, -0.05) is 57.5 Å². The Morgan fingerprint density at radius 3 is 2.69 bits per heavy atom. The molecule has 0 aromatic heterocycles. The van der Waals surface area contributed by atoms with Crippen LogP contribution in [0.15, 0.2) is 58.0 Å². The summed E-state index contributed by atoms with van der Waals surface area (Å²) < 4.78 is 25.2. The number of sulfone groups is 1. The average Bonchev–Trinajstić information content (AvgIpc) is 3.05. The molecule has 0 radical (unpaired) electrons. The highest BCUT2D eigenvalue weighted by Gasteiger charge is 2.47. The minimum absolute atomic E-state index is 0.122. The summed E-state index contributed by atoms with van der Waals surface area (Å²) in [6, 6.07) is 15.3. The van der Waals surface area contributed by atoms with Crippen molar-refractivity contribution in [1.29, 1.82) is 0 Å². The molecule has 0 N–H and O–H groups in total. The fourth-order valence-corrected chi connectivity index (χ4v) is 6.66. The molecule has 2 aromatic rings. The van der Waals surface area contributed by atoms with Gasteiger partial charge in [-0.3, -0.25) is 4.99 Å². The molecule has 26 heavy (non-hydrogen) atoms. The van der Waals surface area contributed by atoms with Gasteiger partial charge in [-0.25, -0.2) is 8.42 Å². The van der Waals surface area contributed by atoms with Gasteiger partial charge in [-0.2, -0.15) is 0 Å². The molecule has 8 heteroatoms. The van der Waals surface area contributed by atoms with Crippen molar-refractivity contribution in [2.24, 2.45) is 4.99 Å². The predicted octanol–water partition coefficient (Wildman–Crippen LogP) is 4.38. The summed E-state index contributed by atoms with van der Waals surface area (Å²) in [5, 5.41) is 1.49. The van der Waals surface area contributed by atoms with Crippen LogP contribution in [0.5, 0.6) is 0 Å². The van der Waals surface area contributed by atoms with Gasteiger partial charge in [-0.15, -0.1) is 0 Å². The summed E-state index contributed by atoms with van der Waals surface area (Å²) in [7, 11) is -3.05. The topological polar surface area (TPSA) is 49.7 Å². The van der Waals surface area contributed by atoms with Crippen LogP contribution in [-0.4, -0.2) is 37.2 Å². The number of benzene rings is 2. The number of fused-ring (bicyclic) bond motifs is 1. The Labute approximate surface area is 170 Å². The van der Waals surface area contributed by atoms with Gasteiger partial charge in [0.15, 0.2) is 15.0 Å². The Morgan fingerprint density at radius 2 is 1.96 bits per heavy atom. The van der Waals surface area contributed by atoms with E-state index in [2.05, 4.69) is 28.1 Å². The van der Waals surface area contributed by atoms with Crippen LogP contribution in [-0.2, 0) is 15.6 Å². The zero-order valence-corrected chi connectivity index (χ0v) is 17.7. The molecule has 136 valence electrons. The van der Waals surface area contributed by atoms with Crippen molar-refractivity contribution in [3.8, 4) is 0 Å². The van der Waals surface area contributed by atoms with Crippen molar-refractivity contribution < 1.29 is 8.42 Å². The number of amidine groups is 1. The second-order valence-corrected chi connectivity index (χ2v) is 10.8. The van der Waals surface area contributed by atoms with Crippen LogP contribution < -0.4 is 4.90 Å². The molecular weight excluding hydrogens is 456 g/mol. The molecule has 2 aromatic carbocycles. The van der Waals surface area contributed by atoms with E-state index in [0.29, 0.717) is 5.02 Å². The van der Waals surface area contributed by atoms with Crippen LogP contribution in [0, 0.1) is 0 Å². The highest BCUT2D eigenvalue weighted by Crippen LogP contribution is 2.36. The summed E-state index contributed by atoms with van der Waals surface area (Å²) in [5.74, 6) is 1.03. The number of rotatable bonds is 3. The van der Waals surface area contributed by atoms with E-state index in [1.807, 2.05) is 41.3 Å². The molecule has 2 aliphatic rings. The third-order valence-corrected chi connectivity index (χ3v) is 7.98. The lowest BCUT2D eigenvalue weighted by atomic mass is 10.1. The zero-order chi connectivity index (χ0) is 18.3. The van der Waals surface area contributed by atoms with E-state index < -0.39 is 9.84 Å². The van der Waals surface area contributed by atoms with Crippen LogP contribution in [0.2, 0.25) is 5.02 Å². The summed E-state index contributed by atoms with van der Waals surface area (Å²) in [5.41, 5.74) is 2.08. The van der Waals surface area contributed by atoms with Crippen molar-refractivity contribution in [2.45, 2.75) is 17.8 Å². The molecule has 1 saturated heterocycles. The van der Waals surface area contributed by atoms with Crippen LogP contribution in [0.25, 0.3) is 0 Å². The summed E-state index contributed by atoms with van der Waals surface area (Å²) >= 11 is 11.2. The van der Waals surface area contributed by atoms with E-state index in [1.165, 1.54) is 5.56 Å². The Hall–Kier alpha value is -1.02. The van der Waals surface area contributed by atoms with E-state index in [4.69, 9.17) is 16.6 Å². The molecule has 4 nitrogen and oxygen atoms in total. The summed E-state index contributed by atoms with van der Waals surface area (Å²) in [6.45, 7) is 0. The SMILES string of the molecule is O=S1(=O)C[C@@H]2N=C(SCc3ccc(Br)cc3)N(c3cccc(Cl)c3)[C@@H]2C1. The standard InChI is InChI=1S/C18H16BrClN2O2S2/c19-13-6-4-12(5-7-13)9-25-18-21-16-10-26(23,24)11-17(16)22(18)15-3-1-2-14(20)8-15/h1-8,16-17H,9-11H2/t16-,17+/m0/s1. The first-order valence-electron chi connectivity index (χ1n) is 8.11. The normalized spacial score (nSPS) is 23.8. The Balaban J connectivity index is 1.61. The van der Waals surface area contributed by atoms with Gasteiger partial charge >= 0.3 is 0 Å². The van der Waals surface area contributed by atoms with Crippen molar-refractivity contribution in [3.63, 3.8) is 0 Å². The van der Waals surface area contributed by atoms with Gasteiger partial charge in [0.2, 0.25) is 0 Å². The maximum absolute atomic E-state index is 12.1. The van der Waals surface area contributed by atoms with Gasteiger partial charge in [0.05, 0.1) is 23.6 Å². The Bertz CT molecular complexity index is 963. The van der Waals surface area contributed by atoms with E-state index >= 15 is 0 Å². The highest BCUT2D eigenvalue weighted by atomic mass is 79.9. The van der Waals surface area contributed by atoms with Gasteiger partial charge in [-0.05, 0) is 35.9 Å². The second-order valence-electron chi connectivity index (χ2n) is 6.39. The molecular formula is C18H16BrClN2O2S2. The lowest BCUT2D eigenvalue weighted by molar-refractivity contribution is 0.601. The van der Waals surface area contributed by atoms with Crippen molar-refractivity contribution in [2.75, 3.05) is 16.4 Å². The fraction of sp³-hybridized carbons (Fsp3) is 0.278. The number of anilines is 1.